The second-order valence-electron chi connectivity index (χ2n) is 3.80. The highest BCUT2D eigenvalue weighted by atomic mass is 16.3. The lowest BCUT2D eigenvalue weighted by Gasteiger charge is -1.98. The number of hydrogen-bond donors (Lipinski definition) is 2. The molecule has 0 saturated carbocycles. The zero-order valence-electron chi connectivity index (χ0n) is 8.64. The third-order valence-corrected chi connectivity index (χ3v) is 2.75. The second kappa shape index (κ2) is 3.42. The SMILES string of the molecule is Oc1ccc2c(-c3ccccc3)c[nH]c2c1. The summed E-state index contributed by atoms with van der Waals surface area (Å²) < 4.78 is 0. The number of H-pyrrole nitrogens is 1. The van der Waals surface area contributed by atoms with Crippen molar-refractivity contribution in [3.8, 4) is 16.9 Å². The molecule has 2 aromatic carbocycles. The first-order chi connectivity index (χ1) is 7.84. The summed E-state index contributed by atoms with van der Waals surface area (Å²) in [5.41, 5.74) is 3.30. The summed E-state index contributed by atoms with van der Waals surface area (Å²) in [4.78, 5) is 3.17. The molecule has 16 heavy (non-hydrogen) atoms. The first kappa shape index (κ1) is 9.04. The van der Waals surface area contributed by atoms with Crippen molar-refractivity contribution in [3.63, 3.8) is 0 Å². The van der Waals surface area contributed by atoms with Crippen LogP contribution in [0, 0.1) is 0 Å². The van der Waals surface area contributed by atoms with Gasteiger partial charge in [0, 0.05) is 28.7 Å². The minimum absolute atomic E-state index is 0.286. The lowest BCUT2D eigenvalue weighted by molar-refractivity contribution is 0.476. The summed E-state index contributed by atoms with van der Waals surface area (Å²) in [5, 5.41) is 10.5. The van der Waals surface area contributed by atoms with Crippen molar-refractivity contribution >= 4 is 10.9 Å². The van der Waals surface area contributed by atoms with Gasteiger partial charge >= 0.3 is 0 Å². The van der Waals surface area contributed by atoms with Crippen molar-refractivity contribution in [2.24, 2.45) is 0 Å². The molecule has 0 aliphatic carbocycles. The van der Waals surface area contributed by atoms with Crippen LogP contribution in [0.25, 0.3) is 22.0 Å². The van der Waals surface area contributed by atoms with Crippen LogP contribution in [0.5, 0.6) is 5.75 Å². The predicted molar refractivity (Wildman–Crippen MR) is 65.4 cm³/mol. The topological polar surface area (TPSA) is 36.0 Å². The Morgan fingerprint density at radius 2 is 1.75 bits per heavy atom. The van der Waals surface area contributed by atoms with E-state index in [1.54, 1.807) is 12.1 Å². The summed E-state index contributed by atoms with van der Waals surface area (Å²) in [5.74, 6) is 0.286. The number of phenolic OH excluding ortho intramolecular Hbond substituents is 1. The quantitative estimate of drug-likeness (QED) is 0.631. The monoisotopic (exact) mass is 209 g/mol. The third-order valence-electron chi connectivity index (χ3n) is 2.75. The second-order valence-corrected chi connectivity index (χ2v) is 3.80. The fourth-order valence-electron chi connectivity index (χ4n) is 1.97. The van der Waals surface area contributed by atoms with E-state index in [4.69, 9.17) is 0 Å². The van der Waals surface area contributed by atoms with Gasteiger partial charge in [-0.25, -0.2) is 0 Å². The lowest BCUT2D eigenvalue weighted by atomic mass is 10.1. The number of hydrogen-bond acceptors (Lipinski definition) is 1. The van der Waals surface area contributed by atoms with Gasteiger partial charge < -0.3 is 10.1 Å². The van der Waals surface area contributed by atoms with E-state index >= 15 is 0 Å². The van der Waals surface area contributed by atoms with Crippen LogP contribution in [0.15, 0.2) is 54.7 Å². The molecule has 0 atom stereocenters. The summed E-state index contributed by atoms with van der Waals surface area (Å²) in [6, 6.07) is 15.6. The van der Waals surface area contributed by atoms with Crippen LogP contribution in [-0.4, -0.2) is 10.1 Å². The number of benzene rings is 2. The Balaban J connectivity index is 2.26. The van der Waals surface area contributed by atoms with E-state index in [1.807, 2.05) is 30.5 Å². The van der Waals surface area contributed by atoms with Gasteiger partial charge in [0.05, 0.1) is 0 Å². The average Bonchev–Trinajstić information content (AvgIpc) is 2.73. The van der Waals surface area contributed by atoms with Crippen LogP contribution in [0.2, 0.25) is 0 Å². The highest BCUT2D eigenvalue weighted by Gasteiger charge is 2.05. The van der Waals surface area contributed by atoms with Gasteiger partial charge in [-0.1, -0.05) is 30.3 Å². The highest BCUT2D eigenvalue weighted by molar-refractivity contribution is 5.96. The molecule has 0 aliphatic heterocycles. The summed E-state index contributed by atoms with van der Waals surface area (Å²) in [7, 11) is 0. The van der Waals surface area contributed by atoms with Crippen LogP contribution >= 0.6 is 0 Å². The minimum Gasteiger partial charge on any atom is -0.508 e. The van der Waals surface area contributed by atoms with Crippen molar-refractivity contribution in [1.29, 1.82) is 0 Å². The Kier molecular flexibility index (Phi) is 1.93. The molecule has 2 heteroatoms. The molecule has 0 unspecified atom stereocenters. The van der Waals surface area contributed by atoms with E-state index in [2.05, 4.69) is 17.1 Å². The van der Waals surface area contributed by atoms with Crippen LogP contribution in [-0.2, 0) is 0 Å². The predicted octanol–water partition coefficient (Wildman–Crippen LogP) is 3.54. The first-order valence-electron chi connectivity index (χ1n) is 5.20. The molecule has 78 valence electrons. The maximum absolute atomic E-state index is 9.39. The van der Waals surface area contributed by atoms with Crippen molar-refractivity contribution in [3.05, 3.63) is 54.7 Å². The van der Waals surface area contributed by atoms with E-state index < -0.39 is 0 Å². The largest absolute Gasteiger partial charge is 0.508 e. The highest BCUT2D eigenvalue weighted by Crippen LogP contribution is 2.30. The average molecular weight is 209 g/mol. The molecule has 0 fully saturated rings. The van der Waals surface area contributed by atoms with Gasteiger partial charge in [-0.05, 0) is 17.7 Å². The Bertz CT molecular complexity index is 626. The summed E-state index contributed by atoms with van der Waals surface area (Å²) in [6.07, 6.45) is 1.97. The molecule has 1 aromatic heterocycles. The standard InChI is InChI=1S/C14H11NO/c16-11-6-7-12-13(9-15-14(12)8-11)10-4-2-1-3-5-10/h1-9,15-16H. The van der Waals surface area contributed by atoms with Crippen molar-refractivity contribution in [1.82, 2.24) is 4.98 Å². The van der Waals surface area contributed by atoms with Crippen LogP contribution in [0.1, 0.15) is 0 Å². The molecule has 3 rings (SSSR count). The number of aromatic amines is 1. The van der Waals surface area contributed by atoms with Gasteiger partial charge in [0.25, 0.3) is 0 Å². The molecular formula is C14H11NO. The van der Waals surface area contributed by atoms with Gasteiger partial charge in [-0.15, -0.1) is 0 Å². The Morgan fingerprint density at radius 1 is 0.938 bits per heavy atom. The maximum atomic E-state index is 9.39. The lowest BCUT2D eigenvalue weighted by Crippen LogP contribution is -1.73. The van der Waals surface area contributed by atoms with Gasteiger partial charge in [-0.3, -0.25) is 0 Å². The molecule has 0 aliphatic rings. The van der Waals surface area contributed by atoms with Crippen LogP contribution in [0.4, 0.5) is 0 Å². The van der Waals surface area contributed by atoms with E-state index in [0.29, 0.717) is 0 Å². The first-order valence-corrected chi connectivity index (χ1v) is 5.20. The van der Waals surface area contributed by atoms with Crippen molar-refractivity contribution in [2.45, 2.75) is 0 Å². The summed E-state index contributed by atoms with van der Waals surface area (Å²) >= 11 is 0. The van der Waals surface area contributed by atoms with Gasteiger partial charge in [0.15, 0.2) is 0 Å². The fourth-order valence-corrected chi connectivity index (χ4v) is 1.97. The Morgan fingerprint density at radius 3 is 2.56 bits per heavy atom. The van der Waals surface area contributed by atoms with Crippen LogP contribution in [0.3, 0.4) is 0 Å². The number of aromatic nitrogens is 1. The molecule has 0 amide bonds. The number of fused-ring (bicyclic) bond motifs is 1. The smallest absolute Gasteiger partial charge is 0.117 e. The number of aromatic hydroxyl groups is 1. The number of rotatable bonds is 1. The van der Waals surface area contributed by atoms with E-state index in [9.17, 15) is 5.11 Å². The minimum atomic E-state index is 0.286. The number of nitrogens with one attached hydrogen (secondary N) is 1. The maximum Gasteiger partial charge on any atom is 0.117 e. The van der Waals surface area contributed by atoms with E-state index in [0.717, 1.165) is 16.5 Å². The molecular weight excluding hydrogens is 198 g/mol. The fraction of sp³-hybridized carbons (Fsp3) is 0. The van der Waals surface area contributed by atoms with Crippen molar-refractivity contribution < 1.29 is 5.11 Å². The molecule has 0 radical (unpaired) electrons. The number of phenols is 1. The third kappa shape index (κ3) is 1.36. The summed E-state index contributed by atoms with van der Waals surface area (Å²) in [6.45, 7) is 0. The molecule has 2 nitrogen and oxygen atoms in total. The molecule has 3 aromatic rings. The molecule has 0 spiro atoms. The van der Waals surface area contributed by atoms with Gasteiger partial charge in [0.1, 0.15) is 5.75 Å². The normalized spacial score (nSPS) is 10.8. The molecule has 0 saturated heterocycles. The van der Waals surface area contributed by atoms with E-state index in [-0.39, 0.29) is 5.75 Å². The van der Waals surface area contributed by atoms with Crippen molar-refractivity contribution in [2.75, 3.05) is 0 Å². The molecule has 1 heterocycles. The Hall–Kier alpha value is -2.22. The zero-order chi connectivity index (χ0) is 11.0. The van der Waals surface area contributed by atoms with E-state index in [1.165, 1.54) is 5.56 Å². The van der Waals surface area contributed by atoms with Gasteiger partial charge in [-0.2, -0.15) is 0 Å². The van der Waals surface area contributed by atoms with Gasteiger partial charge in [0.2, 0.25) is 0 Å². The Labute approximate surface area is 93.2 Å². The molecule has 2 N–H and O–H groups in total. The zero-order valence-corrected chi connectivity index (χ0v) is 8.64. The molecule has 0 bridgehead atoms. The van der Waals surface area contributed by atoms with Crippen LogP contribution < -0.4 is 0 Å².